The highest BCUT2D eigenvalue weighted by Crippen LogP contribution is 2.20. The van der Waals surface area contributed by atoms with Crippen LogP contribution in [0.3, 0.4) is 0 Å². The molecule has 1 aromatic heterocycles. The van der Waals surface area contributed by atoms with Crippen LogP contribution in [0.1, 0.15) is 18.4 Å². The molecule has 1 aromatic rings. The molecule has 16 heavy (non-hydrogen) atoms. The summed E-state index contributed by atoms with van der Waals surface area (Å²) in [4.78, 5) is 6.70. The van der Waals surface area contributed by atoms with Gasteiger partial charge in [-0.3, -0.25) is 9.88 Å². The molecule has 1 atom stereocenters. The molecule has 0 spiro atoms. The standard InChI is InChI=1S/C13H20N2S/c1-16-11-13-3-2-9-15(13)10-6-12-4-7-14-8-5-12/h4-5,7-8,13H,2-3,6,9-11H2,1H3. The van der Waals surface area contributed by atoms with Gasteiger partial charge >= 0.3 is 0 Å². The third-order valence-corrected chi connectivity index (χ3v) is 4.01. The Labute approximate surface area is 102 Å². The summed E-state index contributed by atoms with van der Waals surface area (Å²) >= 11 is 1.97. The van der Waals surface area contributed by atoms with E-state index in [-0.39, 0.29) is 0 Å². The van der Waals surface area contributed by atoms with Crippen LogP contribution in [0.15, 0.2) is 24.5 Å². The smallest absolute Gasteiger partial charge is 0.0270 e. The molecule has 1 unspecified atom stereocenters. The number of likely N-dealkylation sites (tertiary alicyclic amines) is 1. The van der Waals surface area contributed by atoms with Gasteiger partial charge in [-0.05, 0) is 49.8 Å². The third kappa shape index (κ3) is 3.22. The second kappa shape index (κ2) is 6.26. The molecule has 2 nitrogen and oxygen atoms in total. The van der Waals surface area contributed by atoms with Gasteiger partial charge in [-0.25, -0.2) is 0 Å². The van der Waals surface area contributed by atoms with Gasteiger partial charge in [0.05, 0.1) is 0 Å². The summed E-state index contributed by atoms with van der Waals surface area (Å²) in [6.07, 6.45) is 9.91. The monoisotopic (exact) mass is 236 g/mol. The van der Waals surface area contributed by atoms with Crippen LogP contribution in [0.2, 0.25) is 0 Å². The summed E-state index contributed by atoms with van der Waals surface area (Å²) in [6.45, 7) is 2.49. The van der Waals surface area contributed by atoms with Gasteiger partial charge in [0.25, 0.3) is 0 Å². The molecule has 1 aliphatic rings. The SMILES string of the molecule is CSCC1CCCN1CCc1ccncc1. The maximum atomic E-state index is 4.05. The topological polar surface area (TPSA) is 16.1 Å². The Balaban J connectivity index is 1.81. The van der Waals surface area contributed by atoms with Crippen molar-refractivity contribution in [2.24, 2.45) is 0 Å². The number of aromatic nitrogens is 1. The van der Waals surface area contributed by atoms with Crippen molar-refractivity contribution >= 4 is 11.8 Å². The third-order valence-electron chi connectivity index (χ3n) is 3.30. The molecule has 1 fully saturated rings. The van der Waals surface area contributed by atoms with Gasteiger partial charge < -0.3 is 0 Å². The largest absolute Gasteiger partial charge is 0.299 e. The van der Waals surface area contributed by atoms with E-state index in [9.17, 15) is 0 Å². The predicted molar refractivity (Wildman–Crippen MR) is 70.9 cm³/mol. The lowest BCUT2D eigenvalue weighted by atomic mass is 10.2. The van der Waals surface area contributed by atoms with Crippen molar-refractivity contribution in [3.05, 3.63) is 30.1 Å². The van der Waals surface area contributed by atoms with E-state index in [4.69, 9.17) is 0 Å². The maximum Gasteiger partial charge on any atom is 0.0270 e. The lowest BCUT2D eigenvalue weighted by Gasteiger charge is -2.23. The number of hydrogen-bond donors (Lipinski definition) is 0. The van der Waals surface area contributed by atoms with Crippen molar-refractivity contribution in [1.82, 2.24) is 9.88 Å². The molecule has 0 amide bonds. The molecule has 2 heterocycles. The van der Waals surface area contributed by atoms with Crippen molar-refractivity contribution in [3.8, 4) is 0 Å². The Bertz CT molecular complexity index is 302. The zero-order valence-corrected chi connectivity index (χ0v) is 10.7. The summed E-state index contributed by atoms with van der Waals surface area (Å²) in [5.41, 5.74) is 1.41. The van der Waals surface area contributed by atoms with Gasteiger partial charge in [-0.2, -0.15) is 11.8 Å². The van der Waals surface area contributed by atoms with Crippen LogP contribution in [0, 0.1) is 0 Å². The molecule has 0 bridgehead atoms. The fourth-order valence-electron chi connectivity index (χ4n) is 2.39. The molecule has 0 aromatic carbocycles. The van der Waals surface area contributed by atoms with E-state index in [0.717, 1.165) is 12.5 Å². The first-order valence-corrected chi connectivity index (χ1v) is 7.41. The summed E-state index contributed by atoms with van der Waals surface area (Å²) in [7, 11) is 0. The van der Waals surface area contributed by atoms with Crippen LogP contribution in [0.4, 0.5) is 0 Å². The second-order valence-corrected chi connectivity index (χ2v) is 5.30. The molecule has 1 saturated heterocycles. The molecule has 0 N–H and O–H groups in total. The number of thioether (sulfide) groups is 1. The van der Waals surface area contributed by atoms with Gasteiger partial charge in [-0.15, -0.1) is 0 Å². The van der Waals surface area contributed by atoms with E-state index >= 15 is 0 Å². The number of pyridine rings is 1. The van der Waals surface area contributed by atoms with Gasteiger partial charge in [0.15, 0.2) is 0 Å². The van der Waals surface area contributed by atoms with Crippen LogP contribution >= 0.6 is 11.8 Å². The summed E-state index contributed by atoms with van der Waals surface area (Å²) in [5, 5.41) is 0. The van der Waals surface area contributed by atoms with Crippen LogP contribution in [0.25, 0.3) is 0 Å². The minimum absolute atomic E-state index is 0.817. The second-order valence-electron chi connectivity index (χ2n) is 4.39. The fourth-order valence-corrected chi connectivity index (χ4v) is 3.16. The van der Waals surface area contributed by atoms with Crippen LogP contribution in [0.5, 0.6) is 0 Å². The van der Waals surface area contributed by atoms with Gasteiger partial charge in [0, 0.05) is 30.7 Å². The van der Waals surface area contributed by atoms with Crippen LogP contribution in [-0.4, -0.2) is 41.0 Å². The van der Waals surface area contributed by atoms with E-state index in [1.165, 1.54) is 37.2 Å². The summed E-state index contributed by atoms with van der Waals surface area (Å²) in [6, 6.07) is 5.07. The number of nitrogens with zero attached hydrogens (tertiary/aromatic N) is 2. The normalized spacial score (nSPS) is 21.4. The van der Waals surface area contributed by atoms with E-state index in [1.54, 1.807) is 0 Å². The van der Waals surface area contributed by atoms with E-state index < -0.39 is 0 Å². The van der Waals surface area contributed by atoms with Gasteiger partial charge in [0.2, 0.25) is 0 Å². The quantitative estimate of drug-likeness (QED) is 0.781. The molecule has 0 radical (unpaired) electrons. The highest BCUT2D eigenvalue weighted by Gasteiger charge is 2.23. The van der Waals surface area contributed by atoms with Crippen molar-refractivity contribution in [3.63, 3.8) is 0 Å². The first-order chi connectivity index (χ1) is 7.90. The van der Waals surface area contributed by atoms with Crippen molar-refractivity contribution < 1.29 is 0 Å². The molecular weight excluding hydrogens is 216 g/mol. The molecule has 3 heteroatoms. The lowest BCUT2D eigenvalue weighted by molar-refractivity contribution is 0.276. The summed E-state index contributed by atoms with van der Waals surface area (Å²) in [5.74, 6) is 1.29. The Kier molecular flexibility index (Phi) is 4.67. The molecule has 0 aliphatic carbocycles. The Morgan fingerprint density at radius 2 is 2.25 bits per heavy atom. The van der Waals surface area contributed by atoms with Crippen molar-refractivity contribution in [1.29, 1.82) is 0 Å². The maximum absolute atomic E-state index is 4.05. The Morgan fingerprint density at radius 3 is 3.00 bits per heavy atom. The fraction of sp³-hybridized carbons (Fsp3) is 0.615. The minimum atomic E-state index is 0.817. The average molecular weight is 236 g/mol. The highest BCUT2D eigenvalue weighted by molar-refractivity contribution is 7.98. The molecular formula is C13H20N2S. The van der Waals surface area contributed by atoms with E-state index in [2.05, 4.69) is 28.3 Å². The number of hydrogen-bond acceptors (Lipinski definition) is 3. The van der Waals surface area contributed by atoms with E-state index in [1.807, 2.05) is 24.2 Å². The van der Waals surface area contributed by atoms with Crippen LogP contribution in [-0.2, 0) is 6.42 Å². The van der Waals surface area contributed by atoms with Crippen molar-refractivity contribution in [2.75, 3.05) is 25.1 Å². The Hall–Kier alpha value is -0.540. The lowest BCUT2D eigenvalue weighted by Crippen LogP contribution is -2.33. The number of rotatable bonds is 5. The predicted octanol–water partition coefficient (Wildman–Crippen LogP) is 2.45. The Morgan fingerprint density at radius 1 is 1.44 bits per heavy atom. The van der Waals surface area contributed by atoms with Crippen LogP contribution < -0.4 is 0 Å². The molecule has 88 valence electrons. The van der Waals surface area contributed by atoms with E-state index in [0.29, 0.717) is 0 Å². The van der Waals surface area contributed by atoms with Gasteiger partial charge in [0.1, 0.15) is 0 Å². The first-order valence-electron chi connectivity index (χ1n) is 6.02. The zero-order chi connectivity index (χ0) is 11.2. The van der Waals surface area contributed by atoms with Gasteiger partial charge in [-0.1, -0.05) is 0 Å². The molecule has 0 saturated carbocycles. The first kappa shape index (κ1) is 11.9. The zero-order valence-electron chi connectivity index (χ0n) is 9.93. The average Bonchev–Trinajstić information content (AvgIpc) is 2.76. The molecule has 2 rings (SSSR count). The summed E-state index contributed by atoms with van der Waals surface area (Å²) < 4.78 is 0. The minimum Gasteiger partial charge on any atom is -0.299 e. The molecule has 1 aliphatic heterocycles. The van der Waals surface area contributed by atoms with Crippen molar-refractivity contribution in [2.45, 2.75) is 25.3 Å². The highest BCUT2D eigenvalue weighted by atomic mass is 32.2.